The molecule has 12 heavy (non-hydrogen) atoms. The average Bonchev–Trinajstić information content (AvgIpc) is 2.55. The Morgan fingerprint density at radius 2 is 1.83 bits per heavy atom. The number of nitrogens with zero attached hydrogens (tertiary/aromatic N) is 1. The maximum Gasteiger partial charge on any atom is 0.235 e. The van der Waals surface area contributed by atoms with E-state index in [0.717, 1.165) is 32.2 Å². The summed E-state index contributed by atoms with van der Waals surface area (Å²) >= 11 is 0. The highest BCUT2D eigenvalue weighted by molar-refractivity contribution is 5.95. The van der Waals surface area contributed by atoms with Crippen molar-refractivity contribution in [3.05, 3.63) is 0 Å². The molecule has 1 fully saturated rings. The number of likely N-dealkylation sites (tertiary alicyclic amines) is 1. The smallest absolute Gasteiger partial charge is 0.235 e. The van der Waals surface area contributed by atoms with E-state index in [1.165, 1.54) is 0 Å². The molecule has 1 aliphatic heterocycles. The first kappa shape index (κ1) is 9.23. The molecule has 3 nitrogen and oxygen atoms in total. The van der Waals surface area contributed by atoms with Crippen LogP contribution in [0.4, 0.5) is 0 Å². The topological polar surface area (TPSA) is 37.4 Å². The lowest BCUT2D eigenvalue weighted by molar-refractivity contribution is -0.142. The van der Waals surface area contributed by atoms with Crippen molar-refractivity contribution in [1.29, 1.82) is 0 Å². The predicted octanol–water partition coefficient (Wildman–Crippen LogP) is 0.834. The zero-order valence-corrected chi connectivity index (χ0v) is 7.67. The Labute approximate surface area is 72.7 Å². The molecular formula is C9H15NO2. The molecule has 0 aromatic heterocycles. The van der Waals surface area contributed by atoms with Gasteiger partial charge in [-0.25, -0.2) is 0 Å². The van der Waals surface area contributed by atoms with E-state index in [4.69, 9.17) is 0 Å². The Hall–Kier alpha value is -0.860. The van der Waals surface area contributed by atoms with Gasteiger partial charge < -0.3 is 9.69 Å². The molecule has 0 saturated carbocycles. The second-order valence-electron chi connectivity index (χ2n) is 3.84. The van der Waals surface area contributed by atoms with Crippen molar-refractivity contribution in [1.82, 2.24) is 4.90 Å². The highest BCUT2D eigenvalue weighted by Crippen LogP contribution is 2.19. The number of hydrogen-bond acceptors (Lipinski definition) is 2. The van der Waals surface area contributed by atoms with Gasteiger partial charge in [0.2, 0.25) is 5.91 Å². The lowest BCUT2D eigenvalue weighted by Crippen LogP contribution is -2.39. The minimum absolute atomic E-state index is 0.0324. The Kier molecular flexibility index (Phi) is 2.50. The van der Waals surface area contributed by atoms with Gasteiger partial charge in [0, 0.05) is 13.1 Å². The third kappa shape index (κ3) is 1.65. The molecule has 0 aromatic rings. The van der Waals surface area contributed by atoms with Gasteiger partial charge in [0.1, 0.15) is 6.29 Å². The van der Waals surface area contributed by atoms with Gasteiger partial charge in [-0.05, 0) is 26.7 Å². The first-order chi connectivity index (χ1) is 5.58. The summed E-state index contributed by atoms with van der Waals surface area (Å²) < 4.78 is 0. The van der Waals surface area contributed by atoms with Crippen LogP contribution in [-0.2, 0) is 9.59 Å². The van der Waals surface area contributed by atoms with Gasteiger partial charge in [-0.2, -0.15) is 0 Å². The first-order valence-electron chi connectivity index (χ1n) is 4.33. The van der Waals surface area contributed by atoms with Crippen molar-refractivity contribution in [2.45, 2.75) is 26.7 Å². The number of aldehydes is 1. The van der Waals surface area contributed by atoms with Crippen molar-refractivity contribution in [3.63, 3.8) is 0 Å². The van der Waals surface area contributed by atoms with E-state index in [1.807, 2.05) is 0 Å². The van der Waals surface area contributed by atoms with Gasteiger partial charge in [0.25, 0.3) is 0 Å². The largest absolute Gasteiger partial charge is 0.342 e. The van der Waals surface area contributed by atoms with Gasteiger partial charge in [0.15, 0.2) is 0 Å². The Bertz CT molecular complexity index is 193. The summed E-state index contributed by atoms with van der Waals surface area (Å²) in [5.41, 5.74) is -0.829. The van der Waals surface area contributed by atoms with Crippen LogP contribution in [-0.4, -0.2) is 30.2 Å². The minimum Gasteiger partial charge on any atom is -0.342 e. The zero-order chi connectivity index (χ0) is 9.19. The molecule has 1 amide bonds. The summed E-state index contributed by atoms with van der Waals surface area (Å²) in [7, 11) is 0. The van der Waals surface area contributed by atoms with Crippen LogP contribution in [0.2, 0.25) is 0 Å². The SMILES string of the molecule is CC(C)(C=O)C(=O)N1CCCC1. The van der Waals surface area contributed by atoms with Crippen LogP contribution in [0.25, 0.3) is 0 Å². The molecule has 1 aliphatic rings. The summed E-state index contributed by atoms with van der Waals surface area (Å²) in [4.78, 5) is 23.9. The highest BCUT2D eigenvalue weighted by atomic mass is 16.2. The molecule has 0 aromatic carbocycles. The number of carbonyl (C=O) groups is 2. The lowest BCUT2D eigenvalue weighted by atomic mass is 9.94. The molecule has 3 heteroatoms. The quantitative estimate of drug-likeness (QED) is 0.453. The van der Waals surface area contributed by atoms with E-state index in [0.29, 0.717) is 0 Å². The normalized spacial score (nSPS) is 18.0. The molecular weight excluding hydrogens is 154 g/mol. The van der Waals surface area contributed by atoms with Gasteiger partial charge in [-0.1, -0.05) is 0 Å². The van der Waals surface area contributed by atoms with E-state index in [9.17, 15) is 9.59 Å². The maximum atomic E-state index is 11.6. The van der Waals surface area contributed by atoms with Crippen LogP contribution in [0.15, 0.2) is 0 Å². The van der Waals surface area contributed by atoms with E-state index in [-0.39, 0.29) is 5.91 Å². The molecule has 0 unspecified atom stereocenters. The van der Waals surface area contributed by atoms with Crippen LogP contribution < -0.4 is 0 Å². The maximum absolute atomic E-state index is 11.6. The first-order valence-corrected chi connectivity index (χ1v) is 4.33. The molecule has 1 heterocycles. The fraction of sp³-hybridized carbons (Fsp3) is 0.778. The Morgan fingerprint density at radius 3 is 2.25 bits per heavy atom. The molecule has 0 spiro atoms. The number of hydrogen-bond donors (Lipinski definition) is 0. The van der Waals surface area contributed by atoms with Gasteiger partial charge in [0.05, 0.1) is 5.41 Å². The monoisotopic (exact) mass is 169 g/mol. The molecule has 1 rings (SSSR count). The van der Waals surface area contributed by atoms with Gasteiger partial charge >= 0.3 is 0 Å². The molecule has 1 saturated heterocycles. The second-order valence-corrected chi connectivity index (χ2v) is 3.84. The third-order valence-corrected chi connectivity index (χ3v) is 2.24. The standard InChI is InChI=1S/C9H15NO2/c1-9(2,7-11)8(12)10-5-3-4-6-10/h7H,3-6H2,1-2H3. The second kappa shape index (κ2) is 3.25. The van der Waals surface area contributed by atoms with Crippen molar-refractivity contribution in [2.75, 3.05) is 13.1 Å². The van der Waals surface area contributed by atoms with Crippen molar-refractivity contribution >= 4 is 12.2 Å². The molecule has 0 bridgehead atoms. The van der Waals surface area contributed by atoms with Crippen LogP contribution in [0.1, 0.15) is 26.7 Å². The van der Waals surface area contributed by atoms with E-state index in [2.05, 4.69) is 0 Å². The van der Waals surface area contributed by atoms with Crippen LogP contribution >= 0.6 is 0 Å². The zero-order valence-electron chi connectivity index (χ0n) is 7.67. The lowest BCUT2D eigenvalue weighted by Gasteiger charge is -2.23. The van der Waals surface area contributed by atoms with Crippen LogP contribution in [0.3, 0.4) is 0 Å². The van der Waals surface area contributed by atoms with Crippen molar-refractivity contribution in [3.8, 4) is 0 Å². The predicted molar refractivity (Wildman–Crippen MR) is 45.7 cm³/mol. The van der Waals surface area contributed by atoms with E-state index < -0.39 is 5.41 Å². The average molecular weight is 169 g/mol. The van der Waals surface area contributed by atoms with Gasteiger partial charge in [-0.15, -0.1) is 0 Å². The van der Waals surface area contributed by atoms with Gasteiger partial charge in [-0.3, -0.25) is 4.79 Å². The number of carbonyl (C=O) groups excluding carboxylic acids is 2. The Balaban J connectivity index is 2.62. The highest BCUT2D eigenvalue weighted by Gasteiger charge is 2.32. The van der Waals surface area contributed by atoms with E-state index >= 15 is 0 Å². The summed E-state index contributed by atoms with van der Waals surface area (Å²) in [6, 6.07) is 0. The van der Waals surface area contributed by atoms with E-state index in [1.54, 1.807) is 18.7 Å². The van der Waals surface area contributed by atoms with Crippen LogP contribution in [0.5, 0.6) is 0 Å². The van der Waals surface area contributed by atoms with Crippen molar-refractivity contribution < 1.29 is 9.59 Å². The fourth-order valence-corrected chi connectivity index (χ4v) is 1.38. The third-order valence-electron chi connectivity index (χ3n) is 2.24. The molecule has 0 aliphatic carbocycles. The number of amides is 1. The van der Waals surface area contributed by atoms with Crippen LogP contribution in [0, 0.1) is 5.41 Å². The summed E-state index contributed by atoms with van der Waals surface area (Å²) in [5.74, 6) is -0.0324. The summed E-state index contributed by atoms with van der Waals surface area (Å²) in [6.45, 7) is 4.97. The number of rotatable bonds is 2. The molecule has 0 atom stereocenters. The summed E-state index contributed by atoms with van der Waals surface area (Å²) in [5, 5.41) is 0. The fourth-order valence-electron chi connectivity index (χ4n) is 1.38. The minimum atomic E-state index is -0.829. The molecule has 68 valence electrons. The van der Waals surface area contributed by atoms with Crippen molar-refractivity contribution in [2.24, 2.45) is 5.41 Å². The molecule has 0 N–H and O–H groups in total. The summed E-state index contributed by atoms with van der Waals surface area (Å²) in [6.07, 6.45) is 2.87. The molecule has 0 radical (unpaired) electrons. The Morgan fingerprint density at radius 1 is 1.33 bits per heavy atom.